The molecule has 0 aliphatic rings. The van der Waals surface area contributed by atoms with Crippen molar-refractivity contribution in [2.24, 2.45) is 0 Å². The third-order valence-electron chi connectivity index (χ3n) is 1.72. The number of esters is 1. The first-order valence-corrected chi connectivity index (χ1v) is 5.33. The van der Waals surface area contributed by atoms with E-state index in [1.807, 2.05) is 33.8 Å². The van der Waals surface area contributed by atoms with E-state index in [1.54, 1.807) is 0 Å². The largest absolute Gasteiger partial charge is 0.457 e. The maximum absolute atomic E-state index is 11.6. The van der Waals surface area contributed by atoms with E-state index < -0.39 is 5.60 Å². The molecule has 0 aromatic heterocycles. The molecule has 0 aromatic carbocycles. The molecule has 0 heterocycles. The van der Waals surface area contributed by atoms with E-state index in [0.29, 0.717) is 0 Å². The molecule has 0 radical (unpaired) electrons. The fourth-order valence-corrected chi connectivity index (χ4v) is 1.03. The summed E-state index contributed by atoms with van der Waals surface area (Å²) in [4.78, 5) is 11.6. The Hall–Kier alpha value is -0.790. The van der Waals surface area contributed by atoms with Gasteiger partial charge in [0.1, 0.15) is 5.60 Å². The predicted molar refractivity (Wildman–Crippen MR) is 59.1 cm³/mol. The molecule has 0 aliphatic heterocycles. The lowest BCUT2D eigenvalue weighted by molar-refractivity contribution is -0.150. The van der Waals surface area contributed by atoms with Crippen molar-refractivity contribution in [1.29, 1.82) is 0 Å². The summed E-state index contributed by atoms with van der Waals surface area (Å²) in [5.41, 5.74) is 0.402. The zero-order chi connectivity index (χ0) is 11.2. The summed E-state index contributed by atoms with van der Waals surface area (Å²) >= 11 is 0. The number of allylic oxidation sites excluding steroid dienone is 1. The van der Waals surface area contributed by atoms with Crippen LogP contribution >= 0.6 is 0 Å². The number of carbonyl (C=O) groups is 1. The van der Waals surface area contributed by atoms with Gasteiger partial charge in [0.25, 0.3) is 0 Å². The fourth-order valence-electron chi connectivity index (χ4n) is 1.03. The monoisotopic (exact) mass is 198 g/mol. The average Bonchev–Trinajstić information content (AvgIpc) is 2.02. The van der Waals surface area contributed by atoms with Crippen molar-refractivity contribution in [2.75, 3.05) is 0 Å². The van der Waals surface area contributed by atoms with Crippen molar-refractivity contribution in [1.82, 2.24) is 0 Å². The van der Waals surface area contributed by atoms with Gasteiger partial charge in [0.05, 0.1) is 0 Å². The van der Waals surface area contributed by atoms with Gasteiger partial charge in [-0.1, -0.05) is 26.3 Å². The Balaban J connectivity index is 4.33. The topological polar surface area (TPSA) is 26.3 Å². The smallest absolute Gasteiger partial charge is 0.334 e. The summed E-state index contributed by atoms with van der Waals surface area (Å²) in [6, 6.07) is 0. The van der Waals surface area contributed by atoms with Crippen LogP contribution < -0.4 is 0 Å². The van der Waals surface area contributed by atoms with Gasteiger partial charge in [0.2, 0.25) is 0 Å². The van der Waals surface area contributed by atoms with E-state index in [0.717, 1.165) is 24.8 Å². The maximum Gasteiger partial charge on any atom is 0.334 e. The summed E-state index contributed by atoms with van der Waals surface area (Å²) in [6.07, 6.45) is 4.73. The van der Waals surface area contributed by atoms with Gasteiger partial charge in [-0.2, -0.15) is 0 Å². The van der Waals surface area contributed by atoms with Gasteiger partial charge in [0, 0.05) is 5.57 Å². The third-order valence-corrected chi connectivity index (χ3v) is 1.72. The van der Waals surface area contributed by atoms with Crippen LogP contribution in [0.25, 0.3) is 0 Å². The zero-order valence-corrected chi connectivity index (χ0v) is 10.0. The molecule has 0 rings (SSSR count). The van der Waals surface area contributed by atoms with Crippen molar-refractivity contribution in [2.45, 2.75) is 59.5 Å². The Bertz CT molecular complexity index is 209. The van der Waals surface area contributed by atoms with Crippen molar-refractivity contribution < 1.29 is 9.53 Å². The minimum absolute atomic E-state index is 0.173. The van der Waals surface area contributed by atoms with Crippen molar-refractivity contribution in [3.63, 3.8) is 0 Å². The predicted octanol–water partition coefficient (Wildman–Crippen LogP) is 3.46. The number of carbonyl (C=O) groups excluding carboxylic acids is 1. The van der Waals surface area contributed by atoms with Crippen LogP contribution in [-0.2, 0) is 9.53 Å². The minimum Gasteiger partial charge on any atom is -0.457 e. The third kappa shape index (κ3) is 5.79. The SMILES string of the molecule is CCCC=C(CC)C(=O)OC(C)(C)C. The first-order valence-electron chi connectivity index (χ1n) is 5.33. The Labute approximate surface area is 87.3 Å². The Morgan fingerprint density at radius 2 is 1.86 bits per heavy atom. The molecule has 0 spiro atoms. The lowest BCUT2D eigenvalue weighted by Crippen LogP contribution is -2.24. The second kappa shape index (κ2) is 5.84. The molecule has 0 fully saturated rings. The van der Waals surface area contributed by atoms with Crippen molar-refractivity contribution in [3.8, 4) is 0 Å². The first kappa shape index (κ1) is 13.2. The molecule has 0 unspecified atom stereocenters. The van der Waals surface area contributed by atoms with Crippen LogP contribution in [0.1, 0.15) is 53.9 Å². The fraction of sp³-hybridized carbons (Fsp3) is 0.750. The molecular formula is C12H22O2. The van der Waals surface area contributed by atoms with Crippen molar-refractivity contribution >= 4 is 5.97 Å². The molecule has 2 nitrogen and oxygen atoms in total. The quantitative estimate of drug-likeness (QED) is 0.510. The molecule has 0 atom stereocenters. The molecule has 0 amide bonds. The summed E-state index contributed by atoms with van der Waals surface area (Å²) in [5.74, 6) is -0.173. The Kier molecular flexibility index (Phi) is 5.51. The van der Waals surface area contributed by atoms with Crippen LogP contribution in [0, 0.1) is 0 Å². The van der Waals surface area contributed by atoms with E-state index in [1.165, 1.54) is 0 Å². The number of rotatable bonds is 4. The molecule has 0 bridgehead atoms. The highest BCUT2D eigenvalue weighted by atomic mass is 16.6. The molecule has 0 aliphatic carbocycles. The number of hydrogen-bond acceptors (Lipinski definition) is 2. The molecule has 0 saturated heterocycles. The number of hydrogen-bond donors (Lipinski definition) is 0. The highest BCUT2D eigenvalue weighted by Crippen LogP contribution is 2.13. The van der Waals surface area contributed by atoms with Gasteiger partial charge in [-0.25, -0.2) is 4.79 Å². The van der Waals surface area contributed by atoms with Crippen LogP contribution in [0.5, 0.6) is 0 Å². The molecule has 14 heavy (non-hydrogen) atoms. The van der Waals surface area contributed by atoms with Gasteiger partial charge in [0.15, 0.2) is 0 Å². The van der Waals surface area contributed by atoms with E-state index in [4.69, 9.17) is 4.74 Å². The molecule has 0 saturated carbocycles. The molecule has 0 N–H and O–H groups in total. The normalized spacial score (nSPS) is 12.8. The zero-order valence-electron chi connectivity index (χ0n) is 10.0. The van der Waals surface area contributed by atoms with Gasteiger partial charge in [-0.05, 0) is 33.6 Å². The van der Waals surface area contributed by atoms with Gasteiger partial charge in [-0.15, -0.1) is 0 Å². The highest BCUT2D eigenvalue weighted by Gasteiger charge is 2.18. The highest BCUT2D eigenvalue weighted by molar-refractivity contribution is 5.88. The molecular weight excluding hydrogens is 176 g/mol. The van der Waals surface area contributed by atoms with Crippen LogP contribution in [-0.4, -0.2) is 11.6 Å². The minimum atomic E-state index is -0.391. The Morgan fingerprint density at radius 3 is 2.21 bits per heavy atom. The van der Waals surface area contributed by atoms with Gasteiger partial charge < -0.3 is 4.74 Å². The van der Waals surface area contributed by atoms with E-state index in [-0.39, 0.29) is 5.97 Å². The van der Waals surface area contributed by atoms with Crippen LogP contribution in [0.3, 0.4) is 0 Å². The molecule has 0 aromatic rings. The second-order valence-corrected chi connectivity index (χ2v) is 4.37. The summed E-state index contributed by atoms with van der Waals surface area (Å²) in [5, 5.41) is 0. The maximum atomic E-state index is 11.6. The standard InChI is InChI=1S/C12H22O2/c1-6-8-9-10(7-2)11(13)14-12(3,4)5/h9H,6-8H2,1-5H3. The van der Waals surface area contributed by atoms with Gasteiger partial charge >= 0.3 is 5.97 Å². The van der Waals surface area contributed by atoms with E-state index in [2.05, 4.69) is 6.92 Å². The van der Waals surface area contributed by atoms with E-state index in [9.17, 15) is 4.79 Å². The second-order valence-electron chi connectivity index (χ2n) is 4.37. The van der Waals surface area contributed by atoms with E-state index >= 15 is 0 Å². The molecule has 82 valence electrons. The molecule has 2 heteroatoms. The summed E-state index contributed by atoms with van der Waals surface area (Å²) in [7, 11) is 0. The van der Waals surface area contributed by atoms with Crippen LogP contribution in [0.2, 0.25) is 0 Å². The summed E-state index contributed by atoms with van der Waals surface area (Å²) in [6.45, 7) is 9.73. The number of ether oxygens (including phenoxy) is 1. The van der Waals surface area contributed by atoms with Crippen LogP contribution in [0.4, 0.5) is 0 Å². The van der Waals surface area contributed by atoms with Gasteiger partial charge in [-0.3, -0.25) is 0 Å². The number of unbranched alkanes of at least 4 members (excludes halogenated alkanes) is 1. The Morgan fingerprint density at radius 1 is 1.29 bits per heavy atom. The first-order chi connectivity index (χ1) is 6.40. The van der Waals surface area contributed by atoms with Crippen LogP contribution in [0.15, 0.2) is 11.6 Å². The lowest BCUT2D eigenvalue weighted by Gasteiger charge is -2.20. The average molecular weight is 198 g/mol. The lowest BCUT2D eigenvalue weighted by atomic mass is 10.1. The van der Waals surface area contributed by atoms with Crippen molar-refractivity contribution in [3.05, 3.63) is 11.6 Å². The summed E-state index contributed by atoms with van der Waals surface area (Å²) < 4.78 is 5.28.